The highest BCUT2D eigenvalue weighted by molar-refractivity contribution is 5.71. The maximum atomic E-state index is 12.9. The molecule has 0 fully saturated rings. The van der Waals surface area contributed by atoms with Crippen LogP contribution in [0.1, 0.15) is 265 Å². The zero-order valence-electron chi connectivity index (χ0n) is 46.2. The number of unbranched alkanes of at least 4 members (excludes halogenated alkanes) is 27. The third-order valence-corrected chi connectivity index (χ3v) is 12.4. The summed E-state index contributed by atoms with van der Waals surface area (Å²) in [6.45, 7) is 6.35. The van der Waals surface area contributed by atoms with Crippen LogP contribution >= 0.6 is 0 Å². The maximum Gasteiger partial charge on any atom is 0.306 e. The summed E-state index contributed by atoms with van der Waals surface area (Å²) in [6, 6.07) is 0. The third kappa shape index (κ3) is 56.9. The molecule has 0 aromatic heterocycles. The van der Waals surface area contributed by atoms with Crippen molar-refractivity contribution >= 4 is 17.9 Å². The molecular weight excluding hydrogens is 877 g/mol. The fourth-order valence-electron chi connectivity index (χ4n) is 8.04. The van der Waals surface area contributed by atoms with Crippen molar-refractivity contribution in [2.75, 3.05) is 13.2 Å². The molecule has 71 heavy (non-hydrogen) atoms. The van der Waals surface area contributed by atoms with Crippen molar-refractivity contribution in [2.45, 2.75) is 271 Å². The summed E-state index contributed by atoms with van der Waals surface area (Å²) in [5.41, 5.74) is 0. The van der Waals surface area contributed by atoms with Crippen LogP contribution in [0.25, 0.3) is 0 Å². The second-order valence-electron chi connectivity index (χ2n) is 19.3. The van der Waals surface area contributed by atoms with Gasteiger partial charge in [0.05, 0.1) is 0 Å². The van der Waals surface area contributed by atoms with Crippen LogP contribution in [-0.2, 0) is 28.6 Å². The molecule has 0 aromatic rings. The average molecular weight is 986 g/mol. The van der Waals surface area contributed by atoms with Crippen LogP contribution in [0, 0.1) is 0 Å². The van der Waals surface area contributed by atoms with Crippen molar-refractivity contribution in [3.8, 4) is 0 Å². The highest BCUT2D eigenvalue weighted by Gasteiger charge is 2.19. The maximum absolute atomic E-state index is 12.9. The molecule has 404 valence electrons. The lowest BCUT2D eigenvalue weighted by Crippen LogP contribution is -2.30. The summed E-state index contributed by atoms with van der Waals surface area (Å²) in [5.74, 6) is -0.949. The minimum atomic E-state index is -0.803. The lowest BCUT2D eigenvalue weighted by molar-refractivity contribution is -0.167. The van der Waals surface area contributed by atoms with Crippen molar-refractivity contribution < 1.29 is 28.6 Å². The fourth-order valence-corrected chi connectivity index (χ4v) is 8.04. The van der Waals surface area contributed by atoms with Crippen molar-refractivity contribution in [3.63, 3.8) is 0 Å². The zero-order chi connectivity index (χ0) is 51.4. The van der Waals surface area contributed by atoms with Crippen LogP contribution in [-0.4, -0.2) is 37.2 Å². The fraction of sp³-hybridized carbons (Fsp3) is 0.677. The van der Waals surface area contributed by atoms with Crippen molar-refractivity contribution in [2.24, 2.45) is 0 Å². The van der Waals surface area contributed by atoms with Crippen molar-refractivity contribution in [3.05, 3.63) is 109 Å². The normalized spacial score (nSPS) is 12.9. The second-order valence-corrected chi connectivity index (χ2v) is 19.3. The number of allylic oxidation sites excluding steroid dienone is 18. The molecule has 0 heterocycles. The van der Waals surface area contributed by atoms with E-state index in [1.807, 2.05) is 48.6 Å². The minimum Gasteiger partial charge on any atom is -0.462 e. The first-order valence-corrected chi connectivity index (χ1v) is 29.5. The van der Waals surface area contributed by atoms with E-state index < -0.39 is 6.10 Å². The Kier molecular flexibility index (Phi) is 55.4. The van der Waals surface area contributed by atoms with Gasteiger partial charge in [0, 0.05) is 19.3 Å². The van der Waals surface area contributed by atoms with E-state index >= 15 is 0 Å². The molecule has 0 amide bonds. The molecule has 0 saturated heterocycles. The molecule has 0 aromatic carbocycles. The Morgan fingerprint density at radius 1 is 0.310 bits per heavy atom. The molecule has 0 N–H and O–H groups in total. The Hall–Kier alpha value is -3.93. The molecule has 0 radical (unpaired) electrons. The van der Waals surface area contributed by atoms with E-state index in [1.165, 1.54) is 116 Å². The number of esters is 3. The molecule has 6 nitrogen and oxygen atoms in total. The summed E-state index contributed by atoms with van der Waals surface area (Å²) in [4.78, 5) is 38.2. The molecule has 0 aliphatic rings. The number of rotatable bonds is 52. The van der Waals surface area contributed by atoms with Crippen LogP contribution in [0.5, 0.6) is 0 Å². The van der Waals surface area contributed by atoms with E-state index in [9.17, 15) is 14.4 Å². The molecule has 6 heteroatoms. The van der Waals surface area contributed by atoms with E-state index in [0.29, 0.717) is 19.3 Å². The van der Waals surface area contributed by atoms with Gasteiger partial charge in [-0.25, -0.2) is 0 Å². The van der Waals surface area contributed by atoms with E-state index in [1.54, 1.807) is 0 Å². The first-order valence-electron chi connectivity index (χ1n) is 29.5. The molecule has 0 aliphatic carbocycles. The second kappa shape index (κ2) is 58.6. The lowest BCUT2D eigenvalue weighted by Gasteiger charge is -2.18. The van der Waals surface area contributed by atoms with Gasteiger partial charge in [-0.1, -0.05) is 278 Å². The number of carbonyl (C=O) groups excluding carboxylic acids is 3. The smallest absolute Gasteiger partial charge is 0.306 e. The Morgan fingerprint density at radius 3 is 1.04 bits per heavy atom. The summed E-state index contributed by atoms with van der Waals surface area (Å²) in [5, 5.41) is 0. The third-order valence-electron chi connectivity index (χ3n) is 12.4. The van der Waals surface area contributed by atoms with Gasteiger partial charge in [-0.05, 0) is 77.0 Å². The van der Waals surface area contributed by atoms with Crippen LogP contribution in [0.15, 0.2) is 109 Å². The quantitative estimate of drug-likeness (QED) is 0.0199. The van der Waals surface area contributed by atoms with Crippen LogP contribution in [0.2, 0.25) is 0 Å². The van der Waals surface area contributed by atoms with Crippen LogP contribution in [0.4, 0.5) is 0 Å². The van der Waals surface area contributed by atoms with Gasteiger partial charge in [-0.3, -0.25) is 14.4 Å². The molecule has 0 saturated carbocycles. The summed E-state index contributed by atoms with van der Waals surface area (Å²) in [6.07, 6.45) is 79.4. The Balaban J connectivity index is 4.45. The Bertz CT molecular complexity index is 1460. The predicted molar refractivity (Wildman–Crippen MR) is 307 cm³/mol. The SMILES string of the molecule is CC\C=C/C=C\C=C/C=C\C=C/CCCCCC(=O)OCC(COC(=O)CCCCCCCC/C=C\C/C=C\C/C=C\C/C=C\CC)OC(=O)CCCCCCCCCCCCCCCCCCCCC. The van der Waals surface area contributed by atoms with E-state index in [2.05, 4.69) is 81.5 Å². The molecular formula is C65H108O6. The van der Waals surface area contributed by atoms with Gasteiger partial charge >= 0.3 is 17.9 Å². The first-order chi connectivity index (χ1) is 35.0. The standard InChI is InChI=1S/C65H108O6/c1-4-7-10-13-16-19-22-25-28-30-32-34-37-40-43-46-49-52-55-58-64(67)70-61-62(60-69-63(66)57-54-51-48-45-42-39-36-27-24-21-18-15-12-9-6-3)71-65(68)59-56-53-50-47-44-41-38-35-33-31-29-26-23-20-17-14-11-8-5-2/h7,9-10,12,15-16,18-19,21,24-25,27-28,32,34,36,39,42,62H,4-6,8,11,13-14,17,20,22-23,26,29-31,33,35,37-38,40-41,43-61H2,1-3H3/b10-7-,12-9-,18-15-,19-16-,24-21-,28-25-,34-32-,36-27-,42-39-. The van der Waals surface area contributed by atoms with Gasteiger partial charge < -0.3 is 14.2 Å². The van der Waals surface area contributed by atoms with E-state index in [-0.39, 0.29) is 31.1 Å². The van der Waals surface area contributed by atoms with Gasteiger partial charge in [0.1, 0.15) is 13.2 Å². The monoisotopic (exact) mass is 985 g/mol. The van der Waals surface area contributed by atoms with Gasteiger partial charge in [-0.2, -0.15) is 0 Å². The summed E-state index contributed by atoms with van der Waals surface area (Å²) >= 11 is 0. The number of carbonyl (C=O) groups is 3. The summed E-state index contributed by atoms with van der Waals surface area (Å²) < 4.78 is 16.8. The largest absolute Gasteiger partial charge is 0.462 e. The molecule has 1 unspecified atom stereocenters. The molecule has 1 atom stereocenters. The highest BCUT2D eigenvalue weighted by Crippen LogP contribution is 2.16. The minimum absolute atomic E-state index is 0.0993. The van der Waals surface area contributed by atoms with Gasteiger partial charge in [0.15, 0.2) is 6.10 Å². The molecule has 0 spiro atoms. The van der Waals surface area contributed by atoms with E-state index in [0.717, 1.165) is 109 Å². The average Bonchev–Trinajstić information content (AvgIpc) is 3.37. The van der Waals surface area contributed by atoms with Gasteiger partial charge in [0.2, 0.25) is 0 Å². The van der Waals surface area contributed by atoms with Crippen molar-refractivity contribution in [1.29, 1.82) is 0 Å². The van der Waals surface area contributed by atoms with Gasteiger partial charge in [0.25, 0.3) is 0 Å². The molecule has 0 bridgehead atoms. The van der Waals surface area contributed by atoms with Crippen LogP contribution in [0.3, 0.4) is 0 Å². The lowest BCUT2D eigenvalue weighted by atomic mass is 10.0. The summed E-state index contributed by atoms with van der Waals surface area (Å²) in [7, 11) is 0. The van der Waals surface area contributed by atoms with Gasteiger partial charge in [-0.15, -0.1) is 0 Å². The highest BCUT2D eigenvalue weighted by atomic mass is 16.6. The van der Waals surface area contributed by atoms with Crippen LogP contribution < -0.4 is 0 Å². The topological polar surface area (TPSA) is 78.9 Å². The number of ether oxygens (including phenoxy) is 3. The molecule has 0 rings (SSSR count). The number of hydrogen-bond acceptors (Lipinski definition) is 6. The Labute approximate surface area is 438 Å². The zero-order valence-corrected chi connectivity index (χ0v) is 46.2. The van der Waals surface area contributed by atoms with Crippen molar-refractivity contribution in [1.82, 2.24) is 0 Å². The first kappa shape index (κ1) is 67.1. The Morgan fingerprint density at radius 2 is 0.620 bits per heavy atom. The van der Waals surface area contributed by atoms with E-state index in [4.69, 9.17) is 14.2 Å². The number of hydrogen-bond donors (Lipinski definition) is 0. The predicted octanol–water partition coefficient (Wildman–Crippen LogP) is 19.9. The molecule has 0 aliphatic heterocycles.